The van der Waals surface area contributed by atoms with Crippen LogP contribution in [0.5, 0.6) is 0 Å². The number of nitrogens with zero attached hydrogens (tertiary/aromatic N) is 1. The zero-order valence-electron chi connectivity index (χ0n) is 9.72. The van der Waals surface area contributed by atoms with E-state index in [1.165, 1.54) is 0 Å². The first-order chi connectivity index (χ1) is 8.74. The average Bonchev–Trinajstić information content (AvgIpc) is 3.14. The van der Waals surface area contributed by atoms with Gasteiger partial charge in [0.25, 0.3) is 0 Å². The van der Waals surface area contributed by atoms with Crippen molar-refractivity contribution in [2.45, 2.75) is 12.8 Å². The maximum atomic E-state index is 11.6. The van der Waals surface area contributed by atoms with E-state index < -0.39 is 0 Å². The first-order valence-corrected chi connectivity index (χ1v) is 5.85. The molecule has 5 heteroatoms. The maximum absolute atomic E-state index is 11.6. The molecule has 3 N–H and O–H groups in total. The van der Waals surface area contributed by atoms with Gasteiger partial charge in [-0.05, 0) is 30.5 Å². The molecule has 1 saturated carbocycles. The Morgan fingerprint density at radius 2 is 2.06 bits per heavy atom. The zero-order chi connectivity index (χ0) is 12.5. The lowest BCUT2D eigenvalue weighted by Crippen LogP contribution is -2.12. The Morgan fingerprint density at radius 1 is 1.33 bits per heavy atom. The maximum Gasteiger partial charge on any atom is 0.229 e. The molecule has 0 atom stereocenters. The molecule has 0 radical (unpaired) electrons. The number of hydrogen-bond acceptors (Lipinski definition) is 4. The van der Waals surface area contributed by atoms with E-state index in [0.717, 1.165) is 29.7 Å². The van der Waals surface area contributed by atoms with Gasteiger partial charge in [-0.3, -0.25) is 4.79 Å². The van der Waals surface area contributed by atoms with Crippen LogP contribution in [0.25, 0.3) is 11.1 Å². The summed E-state index contributed by atoms with van der Waals surface area (Å²) < 4.78 is 4.81. The minimum atomic E-state index is 0.104. The van der Waals surface area contributed by atoms with E-state index in [1.54, 1.807) is 6.20 Å². The summed E-state index contributed by atoms with van der Waals surface area (Å²) >= 11 is 0. The number of anilines is 2. The SMILES string of the molecule is Nc1oncc1-c1ccc(NC(=O)C2CC2)cc1. The standard InChI is InChI=1S/C13H13N3O2/c14-12-11(7-15-18-12)8-3-5-10(6-4-8)16-13(17)9-1-2-9/h3-7,9H,1-2,14H2,(H,16,17). The van der Waals surface area contributed by atoms with Crippen molar-refractivity contribution in [2.75, 3.05) is 11.1 Å². The van der Waals surface area contributed by atoms with Crippen LogP contribution >= 0.6 is 0 Å². The van der Waals surface area contributed by atoms with Gasteiger partial charge < -0.3 is 15.6 Å². The minimum absolute atomic E-state index is 0.104. The number of carbonyl (C=O) groups excluding carboxylic acids is 1. The molecule has 1 heterocycles. The molecule has 1 aliphatic rings. The predicted molar refractivity (Wildman–Crippen MR) is 67.7 cm³/mol. The van der Waals surface area contributed by atoms with Crippen LogP contribution < -0.4 is 11.1 Å². The highest BCUT2D eigenvalue weighted by atomic mass is 16.5. The van der Waals surface area contributed by atoms with Crippen LogP contribution in [0.15, 0.2) is 35.0 Å². The van der Waals surface area contributed by atoms with Crippen molar-refractivity contribution < 1.29 is 9.32 Å². The first kappa shape index (κ1) is 10.8. The Hall–Kier alpha value is -2.30. The highest BCUT2D eigenvalue weighted by Crippen LogP contribution is 2.31. The van der Waals surface area contributed by atoms with Gasteiger partial charge in [0.15, 0.2) is 0 Å². The van der Waals surface area contributed by atoms with Crippen molar-refractivity contribution in [2.24, 2.45) is 5.92 Å². The number of hydrogen-bond donors (Lipinski definition) is 2. The molecule has 18 heavy (non-hydrogen) atoms. The van der Waals surface area contributed by atoms with Gasteiger partial charge in [-0.2, -0.15) is 0 Å². The lowest BCUT2D eigenvalue weighted by Gasteiger charge is -2.05. The summed E-state index contributed by atoms with van der Waals surface area (Å²) in [5.41, 5.74) is 8.11. The molecule has 0 aliphatic heterocycles. The summed E-state index contributed by atoms with van der Waals surface area (Å²) in [5.74, 6) is 0.607. The lowest BCUT2D eigenvalue weighted by molar-refractivity contribution is -0.117. The van der Waals surface area contributed by atoms with Gasteiger partial charge in [0.1, 0.15) is 0 Å². The molecule has 0 unspecified atom stereocenters. The highest BCUT2D eigenvalue weighted by Gasteiger charge is 2.29. The predicted octanol–water partition coefficient (Wildman–Crippen LogP) is 2.27. The van der Waals surface area contributed by atoms with Gasteiger partial charge in [0.2, 0.25) is 11.8 Å². The second-order valence-corrected chi connectivity index (χ2v) is 4.44. The average molecular weight is 243 g/mol. The fourth-order valence-corrected chi connectivity index (χ4v) is 1.79. The van der Waals surface area contributed by atoms with E-state index in [4.69, 9.17) is 10.3 Å². The lowest BCUT2D eigenvalue weighted by atomic mass is 10.1. The van der Waals surface area contributed by atoms with E-state index >= 15 is 0 Å². The van der Waals surface area contributed by atoms with Crippen molar-refractivity contribution in [3.63, 3.8) is 0 Å². The van der Waals surface area contributed by atoms with Crippen LogP contribution in [0, 0.1) is 5.92 Å². The smallest absolute Gasteiger partial charge is 0.229 e. The summed E-state index contributed by atoms with van der Waals surface area (Å²) in [4.78, 5) is 11.6. The molecule has 92 valence electrons. The summed E-state index contributed by atoms with van der Waals surface area (Å²) in [6, 6.07) is 7.46. The Labute approximate surface area is 104 Å². The van der Waals surface area contributed by atoms with Crippen molar-refractivity contribution in [3.05, 3.63) is 30.5 Å². The van der Waals surface area contributed by atoms with Crippen LogP contribution in [0.1, 0.15) is 12.8 Å². The monoisotopic (exact) mass is 243 g/mol. The topological polar surface area (TPSA) is 81.2 Å². The van der Waals surface area contributed by atoms with Gasteiger partial charge >= 0.3 is 0 Å². The molecule has 0 saturated heterocycles. The summed E-state index contributed by atoms with van der Waals surface area (Å²) in [7, 11) is 0. The minimum Gasteiger partial charge on any atom is -0.367 e. The quantitative estimate of drug-likeness (QED) is 0.866. The molecular weight excluding hydrogens is 230 g/mol. The molecule has 5 nitrogen and oxygen atoms in total. The van der Waals surface area contributed by atoms with E-state index in [2.05, 4.69) is 10.5 Å². The molecule has 1 aromatic heterocycles. The Kier molecular flexibility index (Phi) is 2.51. The number of aromatic nitrogens is 1. The van der Waals surface area contributed by atoms with Crippen LogP contribution in [0.2, 0.25) is 0 Å². The molecule has 3 rings (SSSR count). The molecule has 1 aliphatic carbocycles. The van der Waals surface area contributed by atoms with E-state index in [1.807, 2.05) is 24.3 Å². The summed E-state index contributed by atoms with van der Waals surface area (Å²) in [6.07, 6.45) is 3.58. The fraction of sp³-hybridized carbons (Fsp3) is 0.231. The molecule has 1 aromatic carbocycles. The van der Waals surface area contributed by atoms with Gasteiger partial charge in [0, 0.05) is 11.6 Å². The highest BCUT2D eigenvalue weighted by molar-refractivity contribution is 5.94. The second kappa shape index (κ2) is 4.18. The Balaban J connectivity index is 1.76. The van der Waals surface area contributed by atoms with Crippen LogP contribution in [-0.2, 0) is 4.79 Å². The number of nitrogen functional groups attached to an aromatic ring is 1. The molecular formula is C13H13N3O2. The van der Waals surface area contributed by atoms with Gasteiger partial charge in [0.05, 0.1) is 11.8 Å². The number of nitrogens with two attached hydrogens (primary N) is 1. The van der Waals surface area contributed by atoms with E-state index in [-0.39, 0.29) is 11.8 Å². The first-order valence-electron chi connectivity index (χ1n) is 5.85. The second-order valence-electron chi connectivity index (χ2n) is 4.44. The van der Waals surface area contributed by atoms with Gasteiger partial charge in [-0.25, -0.2) is 0 Å². The van der Waals surface area contributed by atoms with E-state index in [9.17, 15) is 4.79 Å². The number of carbonyl (C=O) groups is 1. The van der Waals surface area contributed by atoms with Crippen molar-refractivity contribution in [1.82, 2.24) is 5.16 Å². The van der Waals surface area contributed by atoms with Crippen LogP contribution in [0.4, 0.5) is 11.6 Å². The number of amides is 1. The molecule has 1 fully saturated rings. The van der Waals surface area contributed by atoms with Crippen molar-refractivity contribution in [1.29, 1.82) is 0 Å². The number of rotatable bonds is 3. The zero-order valence-corrected chi connectivity index (χ0v) is 9.72. The van der Waals surface area contributed by atoms with Crippen LogP contribution in [-0.4, -0.2) is 11.1 Å². The van der Waals surface area contributed by atoms with Gasteiger partial charge in [-0.15, -0.1) is 0 Å². The number of benzene rings is 1. The number of nitrogens with one attached hydrogen (secondary N) is 1. The summed E-state index contributed by atoms with van der Waals surface area (Å²) in [6.45, 7) is 0. The molecule has 1 amide bonds. The van der Waals surface area contributed by atoms with Crippen molar-refractivity contribution >= 4 is 17.5 Å². The third kappa shape index (κ3) is 2.07. The van der Waals surface area contributed by atoms with E-state index in [0.29, 0.717) is 5.88 Å². The fourth-order valence-electron chi connectivity index (χ4n) is 1.79. The Morgan fingerprint density at radius 3 is 2.61 bits per heavy atom. The molecule has 0 bridgehead atoms. The Bertz CT molecular complexity index is 570. The largest absolute Gasteiger partial charge is 0.367 e. The molecule has 2 aromatic rings. The van der Waals surface area contributed by atoms with Gasteiger partial charge in [-0.1, -0.05) is 17.3 Å². The summed E-state index contributed by atoms with van der Waals surface area (Å²) in [5, 5.41) is 6.51. The third-order valence-electron chi connectivity index (χ3n) is 3.01. The normalized spacial score (nSPS) is 14.4. The molecule has 0 spiro atoms. The van der Waals surface area contributed by atoms with Crippen LogP contribution in [0.3, 0.4) is 0 Å². The van der Waals surface area contributed by atoms with Crippen molar-refractivity contribution in [3.8, 4) is 11.1 Å². The third-order valence-corrected chi connectivity index (χ3v) is 3.01.